The summed E-state index contributed by atoms with van der Waals surface area (Å²) in [5.74, 6) is 0.0290. The maximum absolute atomic E-state index is 11.5. The molecule has 0 saturated heterocycles. The van der Waals surface area contributed by atoms with Crippen LogP contribution in [0.1, 0.15) is 5.56 Å². The molecule has 22 heavy (non-hydrogen) atoms. The number of halogens is 1. The van der Waals surface area contributed by atoms with Crippen molar-refractivity contribution in [2.45, 2.75) is 6.42 Å². The number of nitrogens with zero attached hydrogens (tertiary/aromatic N) is 1. The van der Waals surface area contributed by atoms with Gasteiger partial charge in [0, 0.05) is 28.0 Å². The Balaban J connectivity index is 1.90. The topological polar surface area (TPSA) is 57.8 Å². The number of H-pyrrole nitrogens is 1. The predicted molar refractivity (Wildman–Crippen MR) is 86.8 cm³/mol. The van der Waals surface area contributed by atoms with Gasteiger partial charge in [-0.3, -0.25) is 9.89 Å². The van der Waals surface area contributed by atoms with E-state index in [1.54, 1.807) is 6.20 Å². The van der Waals surface area contributed by atoms with Crippen molar-refractivity contribution in [1.29, 1.82) is 0 Å². The van der Waals surface area contributed by atoms with Gasteiger partial charge >= 0.3 is 0 Å². The lowest BCUT2D eigenvalue weighted by atomic mass is 9.94. The Kier molecular flexibility index (Phi) is 2.98. The minimum atomic E-state index is 0.0290. The molecule has 3 aromatic rings. The van der Waals surface area contributed by atoms with Crippen molar-refractivity contribution in [3.05, 3.63) is 59.4 Å². The summed E-state index contributed by atoms with van der Waals surface area (Å²) in [5, 5.41) is 10.4. The molecule has 0 atom stereocenters. The molecule has 1 aliphatic heterocycles. The van der Waals surface area contributed by atoms with Crippen molar-refractivity contribution < 1.29 is 4.79 Å². The second-order valence-corrected chi connectivity index (χ2v) is 5.65. The number of aromatic nitrogens is 2. The Hall–Kier alpha value is -2.59. The molecule has 0 bridgehead atoms. The maximum atomic E-state index is 11.5. The minimum Gasteiger partial charge on any atom is -0.326 e. The first-order valence-corrected chi connectivity index (χ1v) is 7.31. The van der Waals surface area contributed by atoms with Crippen LogP contribution in [0.25, 0.3) is 22.3 Å². The highest BCUT2D eigenvalue weighted by Crippen LogP contribution is 2.39. The van der Waals surface area contributed by atoms with Crippen LogP contribution in [0, 0.1) is 0 Å². The Morgan fingerprint density at radius 1 is 1.14 bits per heavy atom. The number of amides is 1. The summed E-state index contributed by atoms with van der Waals surface area (Å²) in [6.07, 6.45) is 4.02. The summed E-state index contributed by atoms with van der Waals surface area (Å²) in [6, 6.07) is 11.7. The molecule has 1 amide bonds. The third kappa shape index (κ3) is 2.09. The fourth-order valence-electron chi connectivity index (χ4n) is 2.84. The number of aromatic amines is 1. The molecule has 5 heteroatoms. The number of hydrogen-bond acceptors (Lipinski definition) is 2. The lowest BCUT2D eigenvalue weighted by Gasteiger charge is -2.12. The molecule has 0 radical (unpaired) electrons. The third-order valence-electron chi connectivity index (χ3n) is 3.84. The van der Waals surface area contributed by atoms with E-state index in [2.05, 4.69) is 15.5 Å². The molecule has 0 aliphatic carbocycles. The van der Waals surface area contributed by atoms with Crippen molar-refractivity contribution in [1.82, 2.24) is 10.2 Å². The number of carbonyl (C=O) groups is 1. The van der Waals surface area contributed by atoms with Crippen LogP contribution in [0.3, 0.4) is 0 Å². The number of nitrogens with one attached hydrogen (secondary N) is 2. The molecule has 108 valence electrons. The van der Waals surface area contributed by atoms with Gasteiger partial charge in [-0.05, 0) is 34.9 Å². The van der Waals surface area contributed by atoms with Gasteiger partial charge in [0.2, 0.25) is 5.91 Å². The Labute approximate surface area is 132 Å². The van der Waals surface area contributed by atoms with Crippen molar-refractivity contribution in [2.24, 2.45) is 0 Å². The zero-order valence-electron chi connectivity index (χ0n) is 11.6. The molecule has 2 N–H and O–H groups in total. The van der Waals surface area contributed by atoms with Crippen LogP contribution in [0.4, 0.5) is 5.69 Å². The maximum Gasteiger partial charge on any atom is 0.228 e. The molecule has 0 unspecified atom stereocenters. The number of rotatable bonds is 2. The number of benzene rings is 2. The third-order valence-corrected chi connectivity index (χ3v) is 4.16. The van der Waals surface area contributed by atoms with Crippen LogP contribution in [0.2, 0.25) is 5.02 Å². The average molecular weight is 310 g/mol. The molecule has 2 heterocycles. The van der Waals surface area contributed by atoms with E-state index < -0.39 is 0 Å². The molecule has 1 aliphatic rings. The summed E-state index contributed by atoms with van der Waals surface area (Å²) in [5.41, 5.74) is 5.82. The van der Waals surface area contributed by atoms with Gasteiger partial charge in [-0.1, -0.05) is 29.8 Å². The summed E-state index contributed by atoms with van der Waals surface area (Å²) in [6.45, 7) is 0. The smallest absolute Gasteiger partial charge is 0.228 e. The van der Waals surface area contributed by atoms with Crippen LogP contribution in [-0.4, -0.2) is 16.1 Å². The van der Waals surface area contributed by atoms with Gasteiger partial charge in [0.25, 0.3) is 0 Å². The quantitative estimate of drug-likeness (QED) is 0.754. The van der Waals surface area contributed by atoms with Crippen LogP contribution in [0.15, 0.2) is 48.8 Å². The first-order valence-electron chi connectivity index (χ1n) is 6.93. The van der Waals surface area contributed by atoms with Gasteiger partial charge in [-0.15, -0.1) is 0 Å². The normalized spacial score (nSPS) is 13.0. The first kappa shape index (κ1) is 13.1. The first-order chi connectivity index (χ1) is 10.7. The fourth-order valence-corrected chi connectivity index (χ4v) is 3.12. The average Bonchev–Trinajstić information content (AvgIpc) is 3.14. The highest BCUT2D eigenvalue weighted by atomic mass is 35.5. The Morgan fingerprint density at radius 3 is 2.86 bits per heavy atom. The van der Waals surface area contributed by atoms with Gasteiger partial charge in [-0.2, -0.15) is 5.10 Å². The largest absolute Gasteiger partial charge is 0.326 e. The van der Waals surface area contributed by atoms with Crippen molar-refractivity contribution >= 4 is 23.2 Å². The van der Waals surface area contributed by atoms with Gasteiger partial charge in [-0.25, -0.2) is 0 Å². The number of carbonyl (C=O) groups excluding carboxylic acids is 1. The van der Waals surface area contributed by atoms with E-state index in [0.29, 0.717) is 11.4 Å². The van der Waals surface area contributed by atoms with Crippen LogP contribution < -0.4 is 5.32 Å². The molecule has 1 aromatic heterocycles. The van der Waals surface area contributed by atoms with Gasteiger partial charge in [0.1, 0.15) is 0 Å². The molecular formula is C17H12ClN3O. The van der Waals surface area contributed by atoms with Crippen LogP contribution >= 0.6 is 11.6 Å². The van der Waals surface area contributed by atoms with E-state index in [1.807, 2.05) is 42.6 Å². The SMILES string of the molecule is O=C1Cc2cc(-c3c(Cl)cccc3-c3cn[nH]c3)ccc2N1. The van der Waals surface area contributed by atoms with E-state index in [-0.39, 0.29) is 5.91 Å². The standard InChI is InChI=1S/C17H12ClN3O/c18-14-3-1-2-13(12-8-19-20-9-12)17(14)10-4-5-15-11(6-10)7-16(22)21-15/h1-6,8-9H,7H2,(H,19,20)(H,21,22). The highest BCUT2D eigenvalue weighted by molar-refractivity contribution is 6.34. The second-order valence-electron chi connectivity index (χ2n) is 5.25. The summed E-state index contributed by atoms with van der Waals surface area (Å²) in [4.78, 5) is 11.5. The van der Waals surface area contributed by atoms with Crippen molar-refractivity contribution in [3.8, 4) is 22.3 Å². The second kappa shape index (κ2) is 5.00. The monoisotopic (exact) mass is 309 g/mol. The molecule has 0 saturated carbocycles. The van der Waals surface area contributed by atoms with Gasteiger partial charge < -0.3 is 5.32 Å². The van der Waals surface area contributed by atoms with Crippen LogP contribution in [-0.2, 0) is 11.2 Å². The molecule has 0 fully saturated rings. The Morgan fingerprint density at radius 2 is 2.05 bits per heavy atom. The fraction of sp³-hybridized carbons (Fsp3) is 0.0588. The zero-order chi connectivity index (χ0) is 15.1. The van der Waals surface area contributed by atoms with Crippen molar-refractivity contribution in [3.63, 3.8) is 0 Å². The van der Waals surface area contributed by atoms with Gasteiger partial charge in [0.15, 0.2) is 0 Å². The van der Waals surface area contributed by atoms with E-state index in [0.717, 1.165) is 33.5 Å². The number of anilines is 1. The number of fused-ring (bicyclic) bond motifs is 1. The minimum absolute atomic E-state index is 0.0290. The van der Waals surface area contributed by atoms with Crippen molar-refractivity contribution in [2.75, 3.05) is 5.32 Å². The van der Waals surface area contributed by atoms with Gasteiger partial charge in [0.05, 0.1) is 12.6 Å². The Bertz CT molecular complexity index is 872. The van der Waals surface area contributed by atoms with E-state index in [1.165, 1.54) is 0 Å². The molecule has 2 aromatic carbocycles. The van der Waals surface area contributed by atoms with E-state index in [9.17, 15) is 4.79 Å². The van der Waals surface area contributed by atoms with E-state index >= 15 is 0 Å². The summed E-state index contributed by atoms with van der Waals surface area (Å²) < 4.78 is 0. The number of hydrogen-bond donors (Lipinski definition) is 2. The predicted octanol–water partition coefficient (Wildman–Crippen LogP) is 3.89. The zero-order valence-corrected chi connectivity index (χ0v) is 12.3. The molecule has 4 nitrogen and oxygen atoms in total. The lowest BCUT2D eigenvalue weighted by Crippen LogP contribution is -2.03. The molecule has 4 rings (SSSR count). The highest BCUT2D eigenvalue weighted by Gasteiger charge is 2.19. The van der Waals surface area contributed by atoms with Crippen LogP contribution in [0.5, 0.6) is 0 Å². The lowest BCUT2D eigenvalue weighted by molar-refractivity contribution is -0.115. The summed E-state index contributed by atoms with van der Waals surface area (Å²) in [7, 11) is 0. The summed E-state index contributed by atoms with van der Waals surface area (Å²) >= 11 is 6.45. The van der Waals surface area contributed by atoms with E-state index in [4.69, 9.17) is 11.6 Å². The molecule has 0 spiro atoms. The molecular weight excluding hydrogens is 298 g/mol.